The minimum atomic E-state index is -0.511. The number of carbonyl (C=O) groups excluding carboxylic acids is 1. The fraction of sp³-hybridized carbons (Fsp3) is 0.267. The highest BCUT2D eigenvalue weighted by molar-refractivity contribution is 5.90. The average molecular weight is 258 g/mol. The van der Waals surface area contributed by atoms with Crippen LogP contribution in [0.2, 0.25) is 0 Å². The van der Waals surface area contributed by atoms with Gasteiger partial charge in [-0.1, -0.05) is 11.8 Å². The molecule has 0 spiro atoms. The average Bonchev–Trinajstić information content (AvgIpc) is 2.42. The summed E-state index contributed by atoms with van der Waals surface area (Å²) < 4.78 is 15.4. The second kappa shape index (κ2) is 6.98. The molecule has 1 aromatic carbocycles. The number of esters is 1. The van der Waals surface area contributed by atoms with Crippen LogP contribution in [0.3, 0.4) is 0 Å². The van der Waals surface area contributed by atoms with Gasteiger partial charge in [0.1, 0.15) is 6.61 Å². The molecule has 1 aromatic rings. The number of methoxy groups -OCH3 is 1. The van der Waals surface area contributed by atoms with Gasteiger partial charge in [0.25, 0.3) is 0 Å². The normalized spacial score (nSPS) is 9.05. The monoisotopic (exact) mass is 258 g/mol. The van der Waals surface area contributed by atoms with E-state index >= 15 is 0 Å². The maximum Gasteiger partial charge on any atom is 0.339 e. The SMILES string of the molecule is C#CCOC(=O)c1cc(C)c(OCC#C)c(OC)c1. The van der Waals surface area contributed by atoms with Crippen molar-refractivity contribution in [3.05, 3.63) is 23.3 Å². The molecule has 0 aliphatic rings. The lowest BCUT2D eigenvalue weighted by molar-refractivity contribution is 0.0556. The molecule has 0 aromatic heterocycles. The Morgan fingerprint density at radius 1 is 1.26 bits per heavy atom. The molecule has 0 atom stereocenters. The van der Waals surface area contributed by atoms with Gasteiger partial charge in [-0.2, -0.15) is 0 Å². The predicted molar refractivity (Wildman–Crippen MR) is 71.2 cm³/mol. The van der Waals surface area contributed by atoms with E-state index in [4.69, 9.17) is 27.1 Å². The van der Waals surface area contributed by atoms with Gasteiger partial charge in [-0.05, 0) is 24.6 Å². The summed E-state index contributed by atoms with van der Waals surface area (Å²) in [6.45, 7) is 1.83. The molecule has 0 amide bonds. The Bertz CT molecular complexity index is 546. The second-order valence-electron chi connectivity index (χ2n) is 3.60. The molecule has 1 rings (SSSR count). The van der Waals surface area contributed by atoms with Crippen LogP contribution in [-0.4, -0.2) is 26.3 Å². The van der Waals surface area contributed by atoms with Crippen LogP contribution in [0.5, 0.6) is 11.5 Å². The number of benzene rings is 1. The Kier molecular flexibility index (Phi) is 5.32. The van der Waals surface area contributed by atoms with Crippen LogP contribution in [0.25, 0.3) is 0 Å². The lowest BCUT2D eigenvalue weighted by Gasteiger charge is -2.13. The molecule has 0 aliphatic heterocycles. The summed E-state index contributed by atoms with van der Waals surface area (Å²) >= 11 is 0. The van der Waals surface area contributed by atoms with Crippen molar-refractivity contribution >= 4 is 5.97 Å². The Hall–Kier alpha value is -2.59. The fourth-order valence-electron chi connectivity index (χ4n) is 1.50. The Morgan fingerprint density at radius 3 is 2.53 bits per heavy atom. The zero-order valence-electron chi connectivity index (χ0n) is 10.9. The molecule has 0 saturated heterocycles. The smallest absolute Gasteiger partial charge is 0.339 e. The van der Waals surface area contributed by atoms with Gasteiger partial charge in [0.2, 0.25) is 0 Å². The van der Waals surface area contributed by atoms with Gasteiger partial charge in [0, 0.05) is 0 Å². The molecular weight excluding hydrogens is 244 g/mol. The zero-order valence-corrected chi connectivity index (χ0v) is 10.9. The summed E-state index contributed by atoms with van der Waals surface area (Å²) in [5, 5.41) is 0. The van der Waals surface area contributed by atoms with E-state index in [9.17, 15) is 4.79 Å². The van der Waals surface area contributed by atoms with Crippen LogP contribution in [0.15, 0.2) is 12.1 Å². The highest BCUT2D eigenvalue weighted by atomic mass is 16.5. The molecule has 0 fully saturated rings. The third-order valence-corrected chi connectivity index (χ3v) is 2.28. The zero-order chi connectivity index (χ0) is 14.3. The summed E-state index contributed by atoms with van der Waals surface area (Å²) in [5.41, 5.74) is 1.07. The number of hydrogen-bond acceptors (Lipinski definition) is 4. The molecule has 0 aliphatic carbocycles. The van der Waals surface area contributed by atoms with Crippen molar-refractivity contribution in [3.8, 4) is 36.2 Å². The van der Waals surface area contributed by atoms with Gasteiger partial charge in [-0.15, -0.1) is 12.8 Å². The molecule has 0 radical (unpaired) electrons. The van der Waals surface area contributed by atoms with Crippen molar-refractivity contribution in [3.63, 3.8) is 0 Å². The Morgan fingerprint density at radius 2 is 1.95 bits per heavy atom. The maximum absolute atomic E-state index is 11.7. The molecule has 4 nitrogen and oxygen atoms in total. The van der Waals surface area contributed by atoms with E-state index < -0.39 is 5.97 Å². The van der Waals surface area contributed by atoms with E-state index in [1.165, 1.54) is 13.2 Å². The molecule has 0 N–H and O–H groups in total. The third-order valence-electron chi connectivity index (χ3n) is 2.28. The lowest BCUT2D eigenvalue weighted by Crippen LogP contribution is -2.07. The van der Waals surface area contributed by atoms with Crippen molar-refractivity contribution in [1.82, 2.24) is 0 Å². The molecular formula is C15H14O4. The molecule has 0 heterocycles. The first-order chi connectivity index (χ1) is 9.13. The van der Waals surface area contributed by atoms with E-state index in [0.29, 0.717) is 17.1 Å². The van der Waals surface area contributed by atoms with Crippen molar-refractivity contribution in [2.24, 2.45) is 0 Å². The summed E-state index contributed by atoms with van der Waals surface area (Å²) in [7, 11) is 1.48. The predicted octanol–water partition coefficient (Wildman–Crippen LogP) is 1.81. The lowest BCUT2D eigenvalue weighted by atomic mass is 10.1. The number of terminal acetylenes is 2. The van der Waals surface area contributed by atoms with Gasteiger partial charge < -0.3 is 14.2 Å². The number of carbonyl (C=O) groups is 1. The van der Waals surface area contributed by atoms with Crippen LogP contribution < -0.4 is 9.47 Å². The number of hydrogen-bond donors (Lipinski definition) is 0. The first-order valence-corrected chi connectivity index (χ1v) is 5.49. The fourth-order valence-corrected chi connectivity index (χ4v) is 1.50. The molecule has 0 unspecified atom stereocenters. The highest BCUT2D eigenvalue weighted by Gasteiger charge is 2.15. The largest absolute Gasteiger partial charge is 0.493 e. The van der Waals surface area contributed by atoms with Crippen molar-refractivity contribution < 1.29 is 19.0 Å². The van der Waals surface area contributed by atoms with Crippen LogP contribution in [0, 0.1) is 31.6 Å². The summed E-state index contributed by atoms with van der Waals surface area (Å²) in [6.07, 6.45) is 10.2. The maximum atomic E-state index is 11.7. The van der Waals surface area contributed by atoms with Gasteiger partial charge in [0.05, 0.1) is 12.7 Å². The van der Waals surface area contributed by atoms with Gasteiger partial charge in [0.15, 0.2) is 18.1 Å². The molecule has 0 bridgehead atoms. The first kappa shape index (κ1) is 14.5. The molecule has 4 heteroatoms. The van der Waals surface area contributed by atoms with Crippen molar-refractivity contribution in [2.45, 2.75) is 6.92 Å². The third kappa shape index (κ3) is 3.69. The number of ether oxygens (including phenoxy) is 3. The van der Waals surface area contributed by atoms with E-state index in [0.717, 1.165) is 5.56 Å². The summed E-state index contributed by atoms with van der Waals surface area (Å²) in [5.74, 6) is 5.01. The van der Waals surface area contributed by atoms with Crippen molar-refractivity contribution in [1.29, 1.82) is 0 Å². The molecule has 19 heavy (non-hydrogen) atoms. The van der Waals surface area contributed by atoms with Crippen molar-refractivity contribution in [2.75, 3.05) is 20.3 Å². The van der Waals surface area contributed by atoms with Gasteiger partial charge in [-0.3, -0.25) is 0 Å². The Labute approximate surface area is 112 Å². The topological polar surface area (TPSA) is 44.8 Å². The molecule has 98 valence electrons. The van der Waals surface area contributed by atoms with Crippen LogP contribution >= 0.6 is 0 Å². The van der Waals surface area contributed by atoms with Crippen LogP contribution in [-0.2, 0) is 4.74 Å². The number of rotatable bonds is 5. The standard InChI is InChI=1S/C15H14O4/c1-5-7-18-14-11(3)9-12(10-13(14)17-4)15(16)19-8-6-2/h1-2,9-10H,7-8H2,3-4H3. The Balaban J connectivity index is 3.06. The van der Waals surface area contributed by atoms with E-state index in [1.54, 1.807) is 13.0 Å². The number of aryl methyl sites for hydroxylation is 1. The minimum Gasteiger partial charge on any atom is -0.493 e. The second-order valence-corrected chi connectivity index (χ2v) is 3.60. The van der Waals surface area contributed by atoms with Gasteiger partial charge >= 0.3 is 5.97 Å². The van der Waals surface area contributed by atoms with Crippen LogP contribution in [0.4, 0.5) is 0 Å². The van der Waals surface area contributed by atoms with E-state index in [-0.39, 0.29) is 13.2 Å². The van der Waals surface area contributed by atoms with E-state index in [2.05, 4.69) is 11.8 Å². The quantitative estimate of drug-likeness (QED) is 0.597. The summed E-state index contributed by atoms with van der Waals surface area (Å²) in [6, 6.07) is 3.16. The van der Waals surface area contributed by atoms with Gasteiger partial charge in [-0.25, -0.2) is 4.79 Å². The highest BCUT2D eigenvalue weighted by Crippen LogP contribution is 2.32. The minimum absolute atomic E-state index is 0.0739. The summed E-state index contributed by atoms with van der Waals surface area (Å²) in [4.78, 5) is 11.7. The molecule has 0 saturated carbocycles. The van der Waals surface area contributed by atoms with Crippen LogP contribution in [0.1, 0.15) is 15.9 Å². The first-order valence-electron chi connectivity index (χ1n) is 5.49. The van der Waals surface area contributed by atoms with E-state index in [1.807, 2.05) is 0 Å².